The minimum Gasteiger partial charge on any atom is -0.493 e. The number of methoxy groups -OCH3 is 6. The zero-order chi connectivity index (χ0) is 26.5. The highest BCUT2D eigenvalue weighted by molar-refractivity contribution is 8.01. The zero-order valence-corrected chi connectivity index (χ0v) is 21.7. The lowest BCUT2D eigenvalue weighted by Gasteiger charge is -2.21. The molecule has 0 aliphatic heterocycles. The molecule has 0 N–H and O–H groups in total. The van der Waals surface area contributed by atoms with E-state index in [9.17, 15) is 14.2 Å². The summed E-state index contributed by atoms with van der Waals surface area (Å²) in [6.07, 6.45) is 0. The van der Waals surface area contributed by atoms with Gasteiger partial charge in [0.1, 0.15) is 0 Å². The van der Waals surface area contributed by atoms with E-state index in [2.05, 4.69) is 0 Å². The van der Waals surface area contributed by atoms with Crippen LogP contribution in [0.15, 0.2) is 54.6 Å². The van der Waals surface area contributed by atoms with Crippen LogP contribution in [-0.2, 0) is 4.57 Å². The molecule has 190 valence electrons. The molecule has 0 radical (unpaired) electrons. The summed E-state index contributed by atoms with van der Waals surface area (Å²) in [5.41, 5.74) is -2.08. The average molecular weight is 514 g/mol. The summed E-state index contributed by atoms with van der Waals surface area (Å²) >= 11 is 0. The van der Waals surface area contributed by atoms with Gasteiger partial charge < -0.3 is 33.0 Å². The summed E-state index contributed by atoms with van der Waals surface area (Å²) in [7, 11) is 3.77. The van der Waals surface area contributed by atoms with Crippen LogP contribution in [0.4, 0.5) is 0 Å². The van der Waals surface area contributed by atoms with Crippen molar-refractivity contribution in [2.24, 2.45) is 0 Å². The third kappa shape index (κ3) is 4.38. The Morgan fingerprint density at radius 2 is 0.917 bits per heavy atom. The summed E-state index contributed by atoms with van der Waals surface area (Å²) in [4.78, 5) is 28.1. The minimum absolute atomic E-state index is 0.00918. The second kappa shape index (κ2) is 11.2. The van der Waals surface area contributed by atoms with Gasteiger partial charge in [0, 0.05) is 5.30 Å². The van der Waals surface area contributed by atoms with E-state index < -0.39 is 18.2 Å². The van der Waals surface area contributed by atoms with Crippen molar-refractivity contribution in [2.75, 3.05) is 42.7 Å². The van der Waals surface area contributed by atoms with Gasteiger partial charge in [-0.3, -0.25) is 9.59 Å². The number of ether oxygens (including phenoxy) is 6. The van der Waals surface area contributed by atoms with Crippen LogP contribution in [0.5, 0.6) is 34.5 Å². The van der Waals surface area contributed by atoms with Gasteiger partial charge in [0.15, 0.2) is 23.0 Å². The molecule has 0 amide bonds. The molecule has 0 aliphatic rings. The molecule has 3 aromatic rings. The Hall–Kier alpha value is -3.97. The number of rotatable bonds is 11. The van der Waals surface area contributed by atoms with Gasteiger partial charge in [-0.05, 0) is 24.3 Å². The van der Waals surface area contributed by atoms with Crippen molar-refractivity contribution in [1.29, 1.82) is 0 Å². The summed E-state index contributed by atoms with van der Waals surface area (Å²) in [5.74, 6) is 0.833. The number of benzene rings is 3. The third-order valence-corrected chi connectivity index (χ3v) is 8.21. The lowest BCUT2D eigenvalue weighted by Crippen LogP contribution is -2.21. The van der Waals surface area contributed by atoms with E-state index in [4.69, 9.17) is 28.4 Å². The molecular formula is C26H27O9P. The van der Waals surface area contributed by atoms with Crippen LogP contribution < -0.4 is 33.7 Å². The standard InChI is InChI=1S/C26H27O9P/c1-30-19-14-12-17(21(32-3)23(19)34-5)25(27)36(29,16-10-8-7-9-11-16)26(28)18-13-15-20(31-2)24(35-6)22(18)33-4/h7-15H,1-6H3. The van der Waals surface area contributed by atoms with Crippen molar-refractivity contribution in [3.63, 3.8) is 0 Å². The zero-order valence-electron chi connectivity index (χ0n) is 20.8. The highest BCUT2D eigenvalue weighted by Crippen LogP contribution is 2.56. The Kier molecular flexibility index (Phi) is 8.27. The molecule has 0 fully saturated rings. The van der Waals surface area contributed by atoms with Crippen molar-refractivity contribution in [3.05, 3.63) is 65.7 Å². The summed E-state index contributed by atoms with van der Waals surface area (Å²) in [5, 5.41) is 0.0497. The van der Waals surface area contributed by atoms with Gasteiger partial charge in [-0.1, -0.05) is 30.3 Å². The normalized spacial score (nSPS) is 10.8. The third-order valence-electron chi connectivity index (χ3n) is 5.56. The van der Waals surface area contributed by atoms with Crippen molar-refractivity contribution in [3.8, 4) is 34.5 Å². The molecule has 0 bridgehead atoms. The Balaban J connectivity index is 2.32. The maximum absolute atomic E-state index is 14.7. The van der Waals surface area contributed by atoms with Gasteiger partial charge in [-0.2, -0.15) is 0 Å². The lowest BCUT2D eigenvalue weighted by molar-refractivity contribution is 0.103. The molecular weight excluding hydrogens is 487 g/mol. The molecule has 0 heterocycles. The van der Waals surface area contributed by atoms with Crippen LogP contribution >= 0.6 is 7.14 Å². The number of hydrogen-bond acceptors (Lipinski definition) is 9. The average Bonchev–Trinajstić information content (AvgIpc) is 2.94. The second-order valence-electron chi connectivity index (χ2n) is 7.32. The number of hydrogen-bond donors (Lipinski definition) is 0. The summed E-state index contributed by atoms with van der Waals surface area (Å²) in [6.45, 7) is 0. The molecule has 3 rings (SSSR count). The van der Waals surface area contributed by atoms with E-state index in [1.807, 2.05) is 0 Å². The summed E-state index contributed by atoms with van der Waals surface area (Å²) < 4.78 is 46.9. The second-order valence-corrected chi connectivity index (χ2v) is 9.87. The molecule has 0 aromatic heterocycles. The smallest absolute Gasteiger partial charge is 0.248 e. The van der Waals surface area contributed by atoms with Crippen molar-refractivity contribution >= 4 is 23.5 Å². The van der Waals surface area contributed by atoms with Gasteiger partial charge in [0.25, 0.3) is 0 Å². The van der Waals surface area contributed by atoms with E-state index in [1.54, 1.807) is 18.2 Å². The van der Waals surface area contributed by atoms with Gasteiger partial charge in [0.2, 0.25) is 29.7 Å². The topological polar surface area (TPSA) is 107 Å². The van der Waals surface area contributed by atoms with Crippen molar-refractivity contribution < 1.29 is 42.6 Å². The van der Waals surface area contributed by atoms with Crippen LogP contribution in [-0.4, -0.2) is 53.7 Å². The fourth-order valence-corrected chi connectivity index (χ4v) is 6.12. The first-order valence-corrected chi connectivity index (χ1v) is 12.4. The molecule has 0 spiro atoms. The van der Waals surface area contributed by atoms with E-state index >= 15 is 0 Å². The van der Waals surface area contributed by atoms with Crippen LogP contribution in [0.2, 0.25) is 0 Å². The van der Waals surface area contributed by atoms with Crippen LogP contribution in [0.3, 0.4) is 0 Å². The Morgan fingerprint density at radius 1 is 0.528 bits per heavy atom. The van der Waals surface area contributed by atoms with E-state index in [0.717, 1.165) is 0 Å². The Morgan fingerprint density at radius 3 is 1.25 bits per heavy atom. The summed E-state index contributed by atoms with van der Waals surface area (Å²) in [6, 6.07) is 13.6. The highest BCUT2D eigenvalue weighted by Gasteiger charge is 2.46. The van der Waals surface area contributed by atoms with Gasteiger partial charge in [-0.25, -0.2) is 0 Å². The Bertz CT molecular complexity index is 1240. The molecule has 0 atom stereocenters. The molecule has 0 saturated heterocycles. The number of carbonyl (C=O) groups is 2. The molecule has 0 saturated carbocycles. The molecule has 10 heteroatoms. The van der Waals surface area contributed by atoms with E-state index in [-0.39, 0.29) is 39.4 Å². The quantitative estimate of drug-likeness (QED) is 0.344. The fourth-order valence-electron chi connectivity index (χ4n) is 3.84. The SMILES string of the molecule is COc1ccc(C(=O)P(=O)(C(=O)c2ccc(OC)c(OC)c2OC)c2ccccc2)c(OC)c1OC. The molecule has 3 aromatic carbocycles. The largest absolute Gasteiger partial charge is 0.493 e. The monoisotopic (exact) mass is 514 g/mol. The maximum atomic E-state index is 14.7. The van der Waals surface area contributed by atoms with Crippen molar-refractivity contribution in [1.82, 2.24) is 0 Å². The Labute approximate surface area is 209 Å². The van der Waals surface area contributed by atoms with Crippen LogP contribution in [0, 0.1) is 0 Å². The first-order valence-electron chi connectivity index (χ1n) is 10.7. The first kappa shape index (κ1) is 26.6. The molecule has 0 aliphatic carbocycles. The molecule has 0 unspecified atom stereocenters. The number of carbonyl (C=O) groups excluding carboxylic acids is 2. The predicted octanol–water partition coefficient (Wildman–Crippen LogP) is 4.41. The molecule has 9 nitrogen and oxygen atoms in total. The van der Waals surface area contributed by atoms with Crippen LogP contribution in [0.25, 0.3) is 0 Å². The maximum Gasteiger partial charge on any atom is 0.248 e. The van der Waals surface area contributed by atoms with Crippen LogP contribution in [0.1, 0.15) is 20.7 Å². The lowest BCUT2D eigenvalue weighted by atomic mass is 10.2. The van der Waals surface area contributed by atoms with E-state index in [0.29, 0.717) is 11.5 Å². The van der Waals surface area contributed by atoms with Gasteiger partial charge in [0.05, 0.1) is 53.8 Å². The fraction of sp³-hybridized carbons (Fsp3) is 0.231. The van der Waals surface area contributed by atoms with Gasteiger partial charge in [-0.15, -0.1) is 0 Å². The molecule has 36 heavy (non-hydrogen) atoms. The van der Waals surface area contributed by atoms with Crippen molar-refractivity contribution in [2.45, 2.75) is 0 Å². The highest BCUT2D eigenvalue weighted by atomic mass is 31.2. The van der Waals surface area contributed by atoms with E-state index in [1.165, 1.54) is 79.1 Å². The first-order chi connectivity index (χ1) is 17.3. The van der Waals surface area contributed by atoms with Gasteiger partial charge >= 0.3 is 0 Å². The minimum atomic E-state index is -4.52. The predicted molar refractivity (Wildman–Crippen MR) is 135 cm³/mol.